The average molecular weight is 330 g/mol. The highest BCUT2D eigenvalue weighted by Gasteiger charge is 2.11. The van der Waals surface area contributed by atoms with Gasteiger partial charge in [-0.3, -0.25) is 0 Å². The topological polar surface area (TPSA) is 26.3 Å². The normalized spacial score (nSPS) is 9.22. The van der Waals surface area contributed by atoms with Crippen molar-refractivity contribution >= 4 is 5.78 Å². The molecule has 0 aliphatic carbocycles. The Balaban J connectivity index is 0. The minimum atomic E-state index is -0.499. The van der Waals surface area contributed by atoms with Gasteiger partial charge in [0.1, 0.15) is 11.6 Å². The summed E-state index contributed by atoms with van der Waals surface area (Å²) >= 11 is 0. The molecule has 0 saturated carbocycles. The molecule has 4 heteroatoms. The minimum absolute atomic E-state index is 0.0425. The summed E-state index contributed by atoms with van der Waals surface area (Å²) < 4.78 is 32.2. The van der Waals surface area contributed by atoms with E-state index in [1.54, 1.807) is 6.92 Å². The molecule has 0 aliphatic heterocycles. The number of hydrogen-bond acceptors (Lipinski definition) is 2. The van der Waals surface area contributed by atoms with Crippen molar-refractivity contribution in [1.29, 1.82) is 0 Å². The molecule has 1 aromatic carbocycles. The van der Waals surface area contributed by atoms with Gasteiger partial charge in [-0.15, -0.1) is 0 Å². The summed E-state index contributed by atoms with van der Waals surface area (Å²) in [4.78, 5) is 10.8. The predicted molar refractivity (Wildman–Crippen MR) is 93.1 cm³/mol. The number of rotatable bonds is 7. The number of halogens is 2. The van der Waals surface area contributed by atoms with Crippen LogP contribution in [0.1, 0.15) is 72.8 Å². The van der Waals surface area contributed by atoms with Crippen LogP contribution in [0.2, 0.25) is 0 Å². The molecule has 2 nitrogen and oxygen atoms in total. The average Bonchev–Trinajstić information content (AvgIpc) is 2.51. The first-order valence-corrected chi connectivity index (χ1v) is 8.56. The van der Waals surface area contributed by atoms with Gasteiger partial charge in [-0.25, -0.2) is 8.78 Å². The first kappa shape index (κ1) is 23.8. The summed E-state index contributed by atoms with van der Waals surface area (Å²) in [6.07, 6.45) is 3.49. The van der Waals surface area contributed by atoms with Crippen LogP contribution in [0.5, 0.6) is 5.75 Å². The van der Waals surface area contributed by atoms with Gasteiger partial charge < -0.3 is 9.53 Å². The highest BCUT2D eigenvalue weighted by Crippen LogP contribution is 2.24. The summed E-state index contributed by atoms with van der Waals surface area (Å²) in [7, 11) is 0. The molecule has 0 unspecified atom stereocenters. The second-order valence-corrected chi connectivity index (χ2v) is 4.93. The summed E-state index contributed by atoms with van der Waals surface area (Å²) in [6, 6.07) is 2.24. The SMILES string of the molecule is CC.CCC.CCOc1cc(F)cc(CCCCC(C)=O)c1F. The molecule has 1 rings (SSSR count). The fraction of sp³-hybridized carbons (Fsp3) is 0.632. The second-order valence-electron chi connectivity index (χ2n) is 4.93. The monoisotopic (exact) mass is 330 g/mol. The maximum absolute atomic E-state index is 13.9. The smallest absolute Gasteiger partial charge is 0.168 e. The molecule has 0 saturated heterocycles. The van der Waals surface area contributed by atoms with Crippen molar-refractivity contribution in [3.63, 3.8) is 0 Å². The molecule has 0 heterocycles. The largest absolute Gasteiger partial charge is 0.491 e. The zero-order chi connectivity index (χ0) is 18.3. The number of ketones is 1. The van der Waals surface area contributed by atoms with E-state index in [1.165, 1.54) is 19.4 Å². The summed E-state index contributed by atoms with van der Waals surface area (Å²) in [5.74, 6) is -0.925. The summed E-state index contributed by atoms with van der Waals surface area (Å²) in [5.41, 5.74) is 0.307. The standard InChI is InChI=1S/C14H18F2O2.C3H8.C2H6/c1-3-18-13-9-12(15)8-11(14(13)16)7-5-4-6-10(2)17;1-3-2;1-2/h8-9H,3-7H2,1-2H3;3H2,1-2H3;1-2H3. The van der Waals surface area contributed by atoms with Gasteiger partial charge in [0, 0.05) is 12.5 Å². The Morgan fingerprint density at radius 1 is 1.09 bits per heavy atom. The van der Waals surface area contributed by atoms with Gasteiger partial charge in [0.2, 0.25) is 0 Å². The van der Waals surface area contributed by atoms with Crippen molar-refractivity contribution in [2.24, 2.45) is 0 Å². The van der Waals surface area contributed by atoms with Crippen LogP contribution >= 0.6 is 0 Å². The van der Waals surface area contributed by atoms with E-state index < -0.39 is 11.6 Å². The van der Waals surface area contributed by atoms with E-state index in [0.29, 0.717) is 37.9 Å². The third kappa shape index (κ3) is 11.7. The zero-order valence-electron chi connectivity index (χ0n) is 15.5. The molecule has 0 fully saturated rings. The molecular weight excluding hydrogens is 298 g/mol. The molecule has 0 spiro atoms. The van der Waals surface area contributed by atoms with E-state index in [1.807, 2.05) is 13.8 Å². The highest BCUT2D eigenvalue weighted by molar-refractivity contribution is 5.75. The molecule has 0 bridgehead atoms. The van der Waals surface area contributed by atoms with Gasteiger partial charge >= 0.3 is 0 Å². The Hall–Kier alpha value is -1.45. The molecular formula is C19H32F2O2. The van der Waals surface area contributed by atoms with Crippen LogP contribution in [0.15, 0.2) is 12.1 Å². The molecule has 0 aromatic heterocycles. The molecule has 1 aromatic rings. The Labute approximate surface area is 140 Å². The van der Waals surface area contributed by atoms with Crippen LogP contribution in [-0.2, 0) is 11.2 Å². The van der Waals surface area contributed by atoms with Crippen LogP contribution in [0.3, 0.4) is 0 Å². The summed E-state index contributed by atoms with van der Waals surface area (Å²) in [6.45, 7) is 11.8. The molecule has 0 amide bonds. The third-order valence-corrected chi connectivity index (χ3v) is 2.60. The molecule has 0 N–H and O–H groups in total. The van der Waals surface area contributed by atoms with Crippen molar-refractivity contribution in [3.05, 3.63) is 29.3 Å². The first-order valence-electron chi connectivity index (χ1n) is 8.56. The van der Waals surface area contributed by atoms with Crippen LogP contribution in [0, 0.1) is 11.6 Å². The Morgan fingerprint density at radius 2 is 1.65 bits per heavy atom. The maximum atomic E-state index is 13.9. The van der Waals surface area contributed by atoms with E-state index in [9.17, 15) is 13.6 Å². The van der Waals surface area contributed by atoms with Gasteiger partial charge in [-0.1, -0.05) is 34.1 Å². The van der Waals surface area contributed by atoms with Crippen molar-refractivity contribution in [1.82, 2.24) is 0 Å². The third-order valence-electron chi connectivity index (χ3n) is 2.60. The number of carbonyl (C=O) groups is 1. The Kier molecular flexibility index (Phi) is 16.0. The van der Waals surface area contributed by atoms with E-state index in [-0.39, 0.29) is 11.5 Å². The fourth-order valence-corrected chi connectivity index (χ4v) is 1.75. The van der Waals surface area contributed by atoms with Gasteiger partial charge in [0.25, 0.3) is 0 Å². The lowest BCUT2D eigenvalue weighted by atomic mass is 10.0. The molecule has 23 heavy (non-hydrogen) atoms. The molecule has 134 valence electrons. The number of ether oxygens (including phenoxy) is 1. The van der Waals surface area contributed by atoms with Gasteiger partial charge in [0.15, 0.2) is 11.6 Å². The number of carbonyl (C=O) groups excluding carboxylic acids is 1. The van der Waals surface area contributed by atoms with E-state index in [2.05, 4.69) is 13.8 Å². The van der Waals surface area contributed by atoms with E-state index >= 15 is 0 Å². The van der Waals surface area contributed by atoms with Crippen molar-refractivity contribution in [3.8, 4) is 5.75 Å². The first-order chi connectivity index (χ1) is 11.0. The molecule has 0 aliphatic rings. The van der Waals surface area contributed by atoms with E-state index in [0.717, 1.165) is 6.07 Å². The molecule has 0 atom stereocenters. The number of aryl methyl sites for hydroxylation is 1. The Morgan fingerprint density at radius 3 is 2.13 bits per heavy atom. The number of hydrogen-bond donors (Lipinski definition) is 0. The van der Waals surface area contributed by atoms with Crippen LogP contribution in [0.4, 0.5) is 8.78 Å². The lowest BCUT2D eigenvalue weighted by Gasteiger charge is -2.09. The van der Waals surface area contributed by atoms with Gasteiger partial charge in [-0.2, -0.15) is 0 Å². The quantitative estimate of drug-likeness (QED) is 0.564. The predicted octanol–water partition coefficient (Wildman–Crippen LogP) is 6.11. The maximum Gasteiger partial charge on any atom is 0.168 e. The van der Waals surface area contributed by atoms with Crippen molar-refractivity contribution < 1.29 is 18.3 Å². The number of Topliss-reactive ketones (excluding diaryl/α,β-unsaturated/α-hetero) is 1. The van der Waals surface area contributed by atoms with Crippen molar-refractivity contribution in [2.45, 2.75) is 73.6 Å². The van der Waals surface area contributed by atoms with Gasteiger partial charge in [0.05, 0.1) is 6.61 Å². The lowest BCUT2D eigenvalue weighted by molar-refractivity contribution is -0.117. The Bertz CT molecular complexity index is 432. The van der Waals surface area contributed by atoms with Gasteiger partial charge in [-0.05, 0) is 44.7 Å². The second kappa shape index (κ2) is 15.4. The van der Waals surface area contributed by atoms with Crippen molar-refractivity contribution in [2.75, 3.05) is 6.61 Å². The van der Waals surface area contributed by atoms with Crippen LogP contribution < -0.4 is 4.74 Å². The number of benzene rings is 1. The zero-order valence-corrected chi connectivity index (χ0v) is 15.5. The van der Waals surface area contributed by atoms with Crippen LogP contribution in [-0.4, -0.2) is 12.4 Å². The van der Waals surface area contributed by atoms with Crippen LogP contribution in [0.25, 0.3) is 0 Å². The lowest BCUT2D eigenvalue weighted by Crippen LogP contribution is -2.00. The van der Waals surface area contributed by atoms with E-state index in [4.69, 9.17) is 4.74 Å². The highest BCUT2D eigenvalue weighted by atomic mass is 19.1. The minimum Gasteiger partial charge on any atom is -0.491 e. The number of unbranched alkanes of at least 4 members (excludes halogenated alkanes) is 1. The fourth-order valence-electron chi connectivity index (χ4n) is 1.75. The summed E-state index contributed by atoms with van der Waals surface area (Å²) in [5, 5.41) is 0. The molecule has 0 radical (unpaired) electrons.